The molecule has 1 N–H and O–H groups in total. The third kappa shape index (κ3) is 2.95. The summed E-state index contributed by atoms with van der Waals surface area (Å²) in [4.78, 5) is 12.1. The minimum atomic E-state index is 0.248. The molecule has 0 aliphatic heterocycles. The molecule has 8 heteroatoms. The molecule has 0 aromatic carbocycles. The highest BCUT2D eigenvalue weighted by Gasteiger charge is 2.12. The van der Waals surface area contributed by atoms with Gasteiger partial charge in [0, 0.05) is 13.6 Å². The van der Waals surface area contributed by atoms with Crippen molar-refractivity contribution in [2.75, 3.05) is 11.9 Å². The fourth-order valence-electron chi connectivity index (χ4n) is 1.24. The van der Waals surface area contributed by atoms with Gasteiger partial charge in [-0.15, -0.1) is 5.10 Å². The summed E-state index contributed by atoms with van der Waals surface area (Å²) >= 11 is 3.40. The molecule has 7 nitrogen and oxygen atoms in total. The Kier molecular flexibility index (Phi) is 4.08. The second-order valence-corrected chi connectivity index (χ2v) is 4.36. The Morgan fingerprint density at radius 1 is 1.39 bits per heavy atom. The smallest absolute Gasteiger partial charge is 0.342 e. The minimum absolute atomic E-state index is 0.248. The van der Waals surface area contributed by atoms with Crippen molar-refractivity contribution in [1.82, 2.24) is 24.7 Å². The van der Waals surface area contributed by atoms with Gasteiger partial charge in [-0.05, 0) is 22.4 Å². The van der Waals surface area contributed by atoms with Crippen LogP contribution in [0.15, 0.2) is 17.1 Å². The van der Waals surface area contributed by atoms with Crippen molar-refractivity contribution in [2.24, 2.45) is 7.05 Å². The van der Waals surface area contributed by atoms with Gasteiger partial charge in [-0.1, -0.05) is 6.92 Å². The third-order valence-electron chi connectivity index (χ3n) is 2.07. The first-order valence-electron chi connectivity index (χ1n) is 5.48. The minimum Gasteiger partial charge on any atom is -0.403 e. The van der Waals surface area contributed by atoms with Gasteiger partial charge in [0.2, 0.25) is 5.88 Å². The number of halogens is 1. The van der Waals surface area contributed by atoms with E-state index in [4.69, 9.17) is 4.74 Å². The molecule has 2 rings (SSSR count). The predicted octanol–water partition coefficient (Wildman–Crippen LogP) is 1.98. The molecule has 2 heterocycles. The van der Waals surface area contributed by atoms with Gasteiger partial charge in [0.25, 0.3) is 0 Å². The van der Waals surface area contributed by atoms with Crippen LogP contribution in [0, 0.1) is 0 Å². The van der Waals surface area contributed by atoms with E-state index in [0.717, 1.165) is 13.0 Å². The fourth-order valence-corrected chi connectivity index (χ4v) is 1.67. The SMILES string of the molecule is CCCNc1ncnc(Oc2ncn(C)n2)c1Br. The second kappa shape index (κ2) is 5.76. The molecular formula is C10H13BrN6O. The summed E-state index contributed by atoms with van der Waals surface area (Å²) in [5, 5.41) is 7.19. The summed E-state index contributed by atoms with van der Waals surface area (Å²) in [6, 6.07) is 0.248. The van der Waals surface area contributed by atoms with E-state index in [2.05, 4.69) is 48.2 Å². The lowest BCUT2D eigenvalue weighted by Crippen LogP contribution is -2.04. The highest BCUT2D eigenvalue weighted by molar-refractivity contribution is 9.10. The van der Waals surface area contributed by atoms with Gasteiger partial charge in [-0.25, -0.2) is 9.97 Å². The van der Waals surface area contributed by atoms with Crippen LogP contribution in [0.3, 0.4) is 0 Å². The monoisotopic (exact) mass is 312 g/mol. The van der Waals surface area contributed by atoms with Crippen LogP contribution >= 0.6 is 15.9 Å². The average Bonchev–Trinajstić information content (AvgIpc) is 2.76. The van der Waals surface area contributed by atoms with Crippen LogP contribution in [0.5, 0.6) is 11.9 Å². The van der Waals surface area contributed by atoms with Crippen LogP contribution in [-0.2, 0) is 7.05 Å². The zero-order valence-electron chi connectivity index (χ0n) is 10.1. The van der Waals surface area contributed by atoms with Crippen molar-refractivity contribution >= 4 is 21.7 Å². The number of nitrogens with zero attached hydrogens (tertiary/aromatic N) is 5. The summed E-state index contributed by atoms with van der Waals surface area (Å²) in [5.41, 5.74) is 0. The van der Waals surface area contributed by atoms with E-state index in [1.807, 2.05) is 0 Å². The molecule has 0 radical (unpaired) electrons. The lowest BCUT2D eigenvalue weighted by Gasteiger charge is -2.08. The molecule has 0 unspecified atom stereocenters. The maximum absolute atomic E-state index is 5.47. The first kappa shape index (κ1) is 12.7. The molecule has 0 atom stereocenters. The van der Waals surface area contributed by atoms with Gasteiger partial charge in [0.15, 0.2) is 0 Å². The van der Waals surface area contributed by atoms with Gasteiger partial charge in [0.1, 0.15) is 22.9 Å². The van der Waals surface area contributed by atoms with Crippen LogP contribution in [0.4, 0.5) is 5.82 Å². The fraction of sp³-hybridized carbons (Fsp3) is 0.400. The molecule has 2 aromatic rings. The van der Waals surface area contributed by atoms with Crippen molar-refractivity contribution in [3.05, 3.63) is 17.1 Å². The standard InChI is InChI=1S/C10H13BrN6O/c1-3-4-12-8-7(11)9(14-5-13-8)18-10-15-6-17(2)16-10/h5-6H,3-4H2,1-2H3,(H,12,13,14). The Labute approximate surface area is 113 Å². The van der Waals surface area contributed by atoms with Gasteiger partial charge >= 0.3 is 6.01 Å². The molecule has 96 valence electrons. The molecule has 18 heavy (non-hydrogen) atoms. The van der Waals surface area contributed by atoms with Crippen molar-refractivity contribution < 1.29 is 4.74 Å². The number of aryl methyl sites for hydroxylation is 1. The molecular weight excluding hydrogens is 300 g/mol. The summed E-state index contributed by atoms with van der Waals surface area (Å²) in [7, 11) is 1.77. The number of hydrogen-bond acceptors (Lipinski definition) is 6. The lowest BCUT2D eigenvalue weighted by molar-refractivity contribution is 0.419. The highest BCUT2D eigenvalue weighted by Crippen LogP contribution is 2.30. The van der Waals surface area contributed by atoms with Crippen molar-refractivity contribution in [2.45, 2.75) is 13.3 Å². The zero-order valence-corrected chi connectivity index (χ0v) is 11.7. The van der Waals surface area contributed by atoms with Crippen molar-refractivity contribution in [3.8, 4) is 11.9 Å². The topological polar surface area (TPSA) is 77.8 Å². The summed E-state index contributed by atoms with van der Waals surface area (Å²) in [6.07, 6.45) is 4.00. The summed E-state index contributed by atoms with van der Waals surface area (Å²) in [6.45, 7) is 2.91. The first-order chi connectivity index (χ1) is 8.70. The number of nitrogens with one attached hydrogen (secondary N) is 1. The molecule has 0 spiro atoms. The normalized spacial score (nSPS) is 10.4. The highest BCUT2D eigenvalue weighted by atomic mass is 79.9. The van der Waals surface area contributed by atoms with E-state index in [1.54, 1.807) is 18.1 Å². The van der Waals surface area contributed by atoms with Crippen molar-refractivity contribution in [1.29, 1.82) is 0 Å². The van der Waals surface area contributed by atoms with Crippen LogP contribution in [-0.4, -0.2) is 31.3 Å². The second-order valence-electron chi connectivity index (χ2n) is 3.57. The predicted molar refractivity (Wildman–Crippen MR) is 69.6 cm³/mol. The van der Waals surface area contributed by atoms with Crippen LogP contribution in [0.1, 0.15) is 13.3 Å². The Morgan fingerprint density at radius 3 is 2.89 bits per heavy atom. The van der Waals surface area contributed by atoms with E-state index in [-0.39, 0.29) is 6.01 Å². The molecule has 0 aliphatic carbocycles. The van der Waals surface area contributed by atoms with Gasteiger partial charge in [0.05, 0.1) is 0 Å². The number of hydrogen-bond donors (Lipinski definition) is 1. The van der Waals surface area contributed by atoms with Crippen LogP contribution in [0.2, 0.25) is 0 Å². The molecule has 0 saturated carbocycles. The van der Waals surface area contributed by atoms with Gasteiger partial charge in [-0.2, -0.15) is 4.98 Å². The van der Waals surface area contributed by atoms with E-state index < -0.39 is 0 Å². The van der Waals surface area contributed by atoms with E-state index >= 15 is 0 Å². The van der Waals surface area contributed by atoms with Gasteiger partial charge < -0.3 is 10.1 Å². The Morgan fingerprint density at radius 2 is 2.22 bits per heavy atom. The van der Waals surface area contributed by atoms with E-state index in [9.17, 15) is 0 Å². The lowest BCUT2D eigenvalue weighted by atomic mass is 10.4. The Balaban J connectivity index is 2.17. The largest absolute Gasteiger partial charge is 0.403 e. The van der Waals surface area contributed by atoms with E-state index in [1.165, 1.54) is 6.33 Å². The number of rotatable bonds is 5. The number of aromatic nitrogens is 5. The Bertz CT molecular complexity index is 529. The van der Waals surface area contributed by atoms with Crippen LogP contribution < -0.4 is 10.1 Å². The molecule has 0 saturated heterocycles. The molecule has 0 aliphatic rings. The quantitative estimate of drug-likeness (QED) is 0.909. The zero-order chi connectivity index (χ0) is 13.0. The average molecular weight is 313 g/mol. The van der Waals surface area contributed by atoms with Crippen molar-refractivity contribution in [3.63, 3.8) is 0 Å². The maximum atomic E-state index is 5.47. The van der Waals surface area contributed by atoms with E-state index in [0.29, 0.717) is 16.2 Å². The Hall–Kier alpha value is -1.70. The summed E-state index contributed by atoms with van der Waals surface area (Å²) in [5.74, 6) is 1.08. The molecule has 0 fully saturated rings. The molecule has 0 amide bonds. The summed E-state index contributed by atoms with van der Waals surface area (Å²) < 4.78 is 7.68. The van der Waals surface area contributed by atoms with Crippen LogP contribution in [0.25, 0.3) is 0 Å². The first-order valence-corrected chi connectivity index (χ1v) is 6.28. The maximum Gasteiger partial charge on any atom is 0.342 e. The number of ether oxygens (including phenoxy) is 1. The molecule has 0 bridgehead atoms. The van der Waals surface area contributed by atoms with Gasteiger partial charge in [-0.3, -0.25) is 4.68 Å². The third-order valence-corrected chi connectivity index (χ3v) is 2.78. The molecule has 2 aromatic heterocycles. The number of anilines is 1.